The molecule has 0 spiro atoms. The van der Waals surface area contributed by atoms with Gasteiger partial charge >= 0.3 is 0 Å². The Morgan fingerprint density at radius 3 is 2.61 bits per heavy atom. The van der Waals surface area contributed by atoms with Gasteiger partial charge in [-0.15, -0.1) is 0 Å². The molecule has 98 valence electrons. The lowest BCUT2D eigenvalue weighted by atomic mass is 10.1. The standard InChI is InChI=1S/C14H20N2O2/c1-4-10(3)15-14(18)11-7-6-8-12(9-11)16-13(17)5-2/h6-10H,4-5H2,1-3H3,(H,15,18)(H,16,17)/t10-/m0/s1. The summed E-state index contributed by atoms with van der Waals surface area (Å²) in [6.07, 6.45) is 1.31. The highest BCUT2D eigenvalue weighted by Gasteiger charge is 2.09. The highest BCUT2D eigenvalue weighted by Crippen LogP contribution is 2.11. The topological polar surface area (TPSA) is 58.2 Å². The molecule has 1 rings (SSSR count). The first-order chi connectivity index (χ1) is 8.56. The smallest absolute Gasteiger partial charge is 0.251 e. The summed E-state index contributed by atoms with van der Waals surface area (Å²) in [4.78, 5) is 23.2. The van der Waals surface area contributed by atoms with Crippen LogP contribution in [0.1, 0.15) is 44.0 Å². The molecule has 0 radical (unpaired) electrons. The van der Waals surface area contributed by atoms with Crippen molar-refractivity contribution in [2.45, 2.75) is 39.7 Å². The number of carbonyl (C=O) groups is 2. The number of carbonyl (C=O) groups excluding carboxylic acids is 2. The first-order valence-electron chi connectivity index (χ1n) is 6.27. The van der Waals surface area contributed by atoms with Crippen LogP contribution in [-0.2, 0) is 4.79 Å². The SMILES string of the molecule is CCC(=O)Nc1cccc(C(=O)N[C@@H](C)CC)c1. The van der Waals surface area contributed by atoms with Crippen molar-refractivity contribution in [2.24, 2.45) is 0 Å². The molecule has 4 nitrogen and oxygen atoms in total. The fraction of sp³-hybridized carbons (Fsp3) is 0.429. The van der Waals surface area contributed by atoms with Gasteiger partial charge in [-0.25, -0.2) is 0 Å². The summed E-state index contributed by atoms with van der Waals surface area (Å²) < 4.78 is 0. The van der Waals surface area contributed by atoms with E-state index in [4.69, 9.17) is 0 Å². The summed E-state index contributed by atoms with van der Waals surface area (Å²) in [5.74, 6) is -0.175. The minimum atomic E-state index is -0.114. The molecule has 0 saturated heterocycles. The molecule has 1 atom stereocenters. The molecule has 0 aliphatic heterocycles. The molecule has 0 saturated carbocycles. The van der Waals surface area contributed by atoms with Gasteiger partial charge in [0.2, 0.25) is 5.91 Å². The number of nitrogens with one attached hydrogen (secondary N) is 2. The van der Waals surface area contributed by atoms with Crippen molar-refractivity contribution in [3.63, 3.8) is 0 Å². The van der Waals surface area contributed by atoms with Crippen molar-refractivity contribution in [3.05, 3.63) is 29.8 Å². The van der Waals surface area contributed by atoms with E-state index in [1.54, 1.807) is 31.2 Å². The Hall–Kier alpha value is -1.84. The molecule has 2 amide bonds. The predicted molar refractivity (Wildman–Crippen MR) is 72.6 cm³/mol. The number of amides is 2. The maximum atomic E-state index is 11.9. The normalized spacial score (nSPS) is 11.7. The number of hydrogen-bond donors (Lipinski definition) is 2. The molecule has 0 heterocycles. The van der Waals surface area contributed by atoms with Gasteiger partial charge < -0.3 is 10.6 Å². The Morgan fingerprint density at radius 2 is 2.00 bits per heavy atom. The molecule has 0 bridgehead atoms. The van der Waals surface area contributed by atoms with E-state index in [9.17, 15) is 9.59 Å². The van der Waals surface area contributed by atoms with Crippen LogP contribution in [0.15, 0.2) is 24.3 Å². The van der Waals surface area contributed by atoms with Crippen LogP contribution >= 0.6 is 0 Å². The molecule has 0 aromatic heterocycles. The maximum Gasteiger partial charge on any atom is 0.251 e. The third-order valence-electron chi connectivity index (χ3n) is 2.72. The van der Waals surface area contributed by atoms with Gasteiger partial charge in [0.05, 0.1) is 0 Å². The Kier molecular flexibility index (Phi) is 5.36. The molecule has 1 aromatic rings. The lowest BCUT2D eigenvalue weighted by molar-refractivity contribution is -0.115. The summed E-state index contributed by atoms with van der Waals surface area (Å²) in [5, 5.41) is 5.62. The van der Waals surface area contributed by atoms with Crippen LogP contribution < -0.4 is 10.6 Å². The molecular weight excluding hydrogens is 228 g/mol. The quantitative estimate of drug-likeness (QED) is 0.841. The highest BCUT2D eigenvalue weighted by molar-refractivity contribution is 5.97. The van der Waals surface area contributed by atoms with Gasteiger partial charge in [-0.1, -0.05) is 19.9 Å². The molecule has 4 heteroatoms. The van der Waals surface area contributed by atoms with Gasteiger partial charge in [-0.3, -0.25) is 9.59 Å². The Bertz CT molecular complexity index is 430. The van der Waals surface area contributed by atoms with E-state index in [0.29, 0.717) is 17.7 Å². The molecular formula is C14H20N2O2. The van der Waals surface area contributed by atoms with Crippen molar-refractivity contribution >= 4 is 17.5 Å². The van der Waals surface area contributed by atoms with E-state index in [1.807, 2.05) is 13.8 Å². The molecule has 0 unspecified atom stereocenters. The first-order valence-corrected chi connectivity index (χ1v) is 6.27. The molecule has 2 N–H and O–H groups in total. The monoisotopic (exact) mass is 248 g/mol. The average Bonchev–Trinajstić information content (AvgIpc) is 2.38. The summed E-state index contributed by atoms with van der Waals surface area (Å²) in [5.41, 5.74) is 1.21. The Morgan fingerprint density at radius 1 is 1.28 bits per heavy atom. The van der Waals surface area contributed by atoms with Crippen LogP contribution in [0.4, 0.5) is 5.69 Å². The van der Waals surface area contributed by atoms with Gasteiger partial charge in [0.25, 0.3) is 5.91 Å². The van der Waals surface area contributed by atoms with Crippen molar-refractivity contribution in [2.75, 3.05) is 5.32 Å². The van der Waals surface area contributed by atoms with Gasteiger partial charge in [0.15, 0.2) is 0 Å². The molecule has 18 heavy (non-hydrogen) atoms. The van der Waals surface area contributed by atoms with Crippen LogP contribution in [0, 0.1) is 0 Å². The zero-order valence-electron chi connectivity index (χ0n) is 11.1. The van der Waals surface area contributed by atoms with E-state index in [2.05, 4.69) is 10.6 Å². The highest BCUT2D eigenvalue weighted by atomic mass is 16.2. The van der Waals surface area contributed by atoms with E-state index in [1.165, 1.54) is 0 Å². The fourth-order valence-corrected chi connectivity index (χ4v) is 1.40. The minimum Gasteiger partial charge on any atom is -0.350 e. The van der Waals surface area contributed by atoms with Crippen LogP contribution in [0.2, 0.25) is 0 Å². The van der Waals surface area contributed by atoms with E-state index in [-0.39, 0.29) is 17.9 Å². The van der Waals surface area contributed by atoms with E-state index < -0.39 is 0 Å². The van der Waals surface area contributed by atoms with Crippen LogP contribution in [0.25, 0.3) is 0 Å². The van der Waals surface area contributed by atoms with Crippen molar-refractivity contribution < 1.29 is 9.59 Å². The van der Waals surface area contributed by atoms with E-state index >= 15 is 0 Å². The first kappa shape index (κ1) is 14.2. The minimum absolute atomic E-state index is 0.0607. The lowest BCUT2D eigenvalue weighted by Crippen LogP contribution is -2.31. The largest absolute Gasteiger partial charge is 0.350 e. The number of benzene rings is 1. The van der Waals surface area contributed by atoms with Gasteiger partial charge in [0.1, 0.15) is 0 Å². The van der Waals surface area contributed by atoms with Crippen molar-refractivity contribution in [3.8, 4) is 0 Å². The van der Waals surface area contributed by atoms with Gasteiger partial charge in [-0.05, 0) is 31.5 Å². The van der Waals surface area contributed by atoms with Crippen LogP contribution in [0.5, 0.6) is 0 Å². The third-order valence-corrected chi connectivity index (χ3v) is 2.72. The molecule has 1 aromatic carbocycles. The summed E-state index contributed by atoms with van der Waals surface area (Å²) in [6.45, 7) is 5.76. The van der Waals surface area contributed by atoms with Gasteiger partial charge in [0, 0.05) is 23.7 Å². The lowest BCUT2D eigenvalue weighted by Gasteiger charge is -2.12. The number of rotatable bonds is 5. The van der Waals surface area contributed by atoms with Gasteiger partial charge in [-0.2, -0.15) is 0 Å². The summed E-state index contributed by atoms with van der Waals surface area (Å²) >= 11 is 0. The summed E-state index contributed by atoms with van der Waals surface area (Å²) in [7, 11) is 0. The zero-order chi connectivity index (χ0) is 13.5. The zero-order valence-corrected chi connectivity index (χ0v) is 11.1. The van der Waals surface area contributed by atoms with Crippen LogP contribution in [0.3, 0.4) is 0 Å². The molecule has 0 aliphatic carbocycles. The van der Waals surface area contributed by atoms with Crippen molar-refractivity contribution in [1.29, 1.82) is 0 Å². The molecule has 0 aliphatic rings. The second kappa shape index (κ2) is 6.79. The van der Waals surface area contributed by atoms with Crippen LogP contribution in [-0.4, -0.2) is 17.9 Å². The third kappa shape index (κ3) is 4.20. The molecule has 0 fully saturated rings. The number of anilines is 1. The van der Waals surface area contributed by atoms with Crippen molar-refractivity contribution in [1.82, 2.24) is 5.32 Å². The maximum absolute atomic E-state index is 11.9. The number of hydrogen-bond acceptors (Lipinski definition) is 2. The second-order valence-electron chi connectivity index (χ2n) is 4.27. The Balaban J connectivity index is 2.75. The second-order valence-corrected chi connectivity index (χ2v) is 4.27. The average molecular weight is 248 g/mol. The predicted octanol–water partition coefficient (Wildman–Crippen LogP) is 2.56. The summed E-state index contributed by atoms with van der Waals surface area (Å²) in [6, 6.07) is 7.10. The fourth-order valence-electron chi connectivity index (χ4n) is 1.40. The van der Waals surface area contributed by atoms with E-state index in [0.717, 1.165) is 6.42 Å². The Labute approximate surface area is 108 Å².